The third-order valence-corrected chi connectivity index (χ3v) is 8.54. The second kappa shape index (κ2) is 12.8. The zero-order valence-corrected chi connectivity index (χ0v) is 24.3. The van der Waals surface area contributed by atoms with Crippen molar-refractivity contribution in [3.63, 3.8) is 0 Å². The van der Waals surface area contributed by atoms with Crippen LogP contribution in [0.25, 0.3) is 6.08 Å². The number of carbonyl (C=O) groups excluding carboxylic acids is 2. The van der Waals surface area contributed by atoms with E-state index in [9.17, 15) is 9.59 Å². The fourth-order valence-corrected chi connectivity index (χ4v) is 6.24. The van der Waals surface area contributed by atoms with Crippen LogP contribution < -0.4 is 19.9 Å². The minimum atomic E-state index is -0.130. The van der Waals surface area contributed by atoms with Crippen LogP contribution in [0.5, 0.6) is 5.75 Å². The number of halogens is 1. The largest absolute Gasteiger partial charge is 0.496 e. The monoisotopic (exact) mass is 576 g/mol. The molecular weight excluding hydrogens is 544 g/mol. The smallest absolute Gasteiger partial charge is 0.264 e. The molecule has 3 aromatic carbocycles. The number of methoxy groups -OCH3 is 1. The molecule has 0 bridgehead atoms. The van der Waals surface area contributed by atoms with Gasteiger partial charge < -0.3 is 19.9 Å². The Morgan fingerprint density at radius 2 is 1.85 bits per heavy atom. The molecule has 1 saturated heterocycles. The highest BCUT2D eigenvalue weighted by atomic mass is 35.5. The fourth-order valence-electron chi connectivity index (χ4n) is 4.97. The van der Waals surface area contributed by atoms with Crippen LogP contribution >= 0.6 is 23.4 Å². The Balaban J connectivity index is 1.12. The van der Waals surface area contributed by atoms with Gasteiger partial charge in [0.05, 0.1) is 17.7 Å². The van der Waals surface area contributed by atoms with Crippen molar-refractivity contribution in [1.29, 1.82) is 0 Å². The Kier molecular flexibility index (Phi) is 8.99. The first-order chi connectivity index (χ1) is 19.4. The lowest BCUT2D eigenvalue weighted by atomic mass is 10.1. The third kappa shape index (κ3) is 6.46. The van der Waals surface area contributed by atoms with Crippen molar-refractivity contribution in [2.45, 2.75) is 11.3 Å². The maximum Gasteiger partial charge on any atom is 0.264 e. The maximum atomic E-state index is 13.1. The van der Waals surface area contributed by atoms with Crippen molar-refractivity contribution in [3.8, 4) is 5.75 Å². The van der Waals surface area contributed by atoms with Crippen LogP contribution in [0.3, 0.4) is 0 Å². The number of carbonyl (C=O) groups is 2. The van der Waals surface area contributed by atoms with Gasteiger partial charge in [-0.15, -0.1) is 0 Å². The summed E-state index contributed by atoms with van der Waals surface area (Å²) in [6.45, 7) is 5.42. The van der Waals surface area contributed by atoms with E-state index in [1.54, 1.807) is 25.1 Å². The van der Waals surface area contributed by atoms with Crippen molar-refractivity contribution < 1.29 is 14.3 Å². The highest BCUT2D eigenvalue weighted by molar-refractivity contribution is 8.04. The highest BCUT2D eigenvalue weighted by Crippen LogP contribution is 2.42. The lowest BCUT2D eigenvalue weighted by Crippen LogP contribution is -2.47. The number of nitrogens with zero attached hydrogens (tertiary/aromatic N) is 3. The highest BCUT2D eigenvalue weighted by Gasteiger charge is 2.27. The van der Waals surface area contributed by atoms with Crippen LogP contribution in [-0.4, -0.2) is 70.1 Å². The number of piperazine rings is 1. The van der Waals surface area contributed by atoms with Gasteiger partial charge in [-0.1, -0.05) is 47.6 Å². The van der Waals surface area contributed by atoms with Crippen LogP contribution in [0.15, 0.2) is 76.5 Å². The number of anilines is 2. The van der Waals surface area contributed by atoms with Gasteiger partial charge in [0, 0.05) is 66.5 Å². The summed E-state index contributed by atoms with van der Waals surface area (Å²) in [5.74, 6) is 0.467. The number of thioether (sulfide) groups is 1. The first-order valence-electron chi connectivity index (χ1n) is 13.4. The molecule has 7 nitrogen and oxygen atoms in total. The fraction of sp³-hybridized carbons (Fsp3) is 0.290. The molecule has 2 aliphatic heterocycles. The number of nitrogens with one attached hydrogen (secondary N) is 1. The Morgan fingerprint density at radius 3 is 2.62 bits per heavy atom. The van der Waals surface area contributed by atoms with Crippen LogP contribution in [0.2, 0.25) is 5.02 Å². The summed E-state index contributed by atoms with van der Waals surface area (Å²) < 4.78 is 5.43. The number of fused-ring (bicyclic) bond motifs is 1. The molecule has 9 heteroatoms. The van der Waals surface area contributed by atoms with Gasteiger partial charge in [0.2, 0.25) is 0 Å². The average molecular weight is 577 g/mol. The summed E-state index contributed by atoms with van der Waals surface area (Å²) in [5.41, 5.74) is 3.29. The lowest BCUT2D eigenvalue weighted by molar-refractivity contribution is -0.114. The Morgan fingerprint density at radius 1 is 1.05 bits per heavy atom. The van der Waals surface area contributed by atoms with E-state index in [0.717, 1.165) is 60.3 Å². The molecule has 5 rings (SSSR count). The van der Waals surface area contributed by atoms with Crippen molar-refractivity contribution in [2.75, 3.05) is 63.2 Å². The summed E-state index contributed by atoms with van der Waals surface area (Å²) in [7, 11) is 3.36. The second-order valence-corrected chi connectivity index (χ2v) is 11.3. The van der Waals surface area contributed by atoms with E-state index in [4.69, 9.17) is 16.3 Å². The number of likely N-dealkylation sites (N-methyl/N-ethyl adjacent to an activating group) is 1. The van der Waals surface area contributed by atoms with Crippen molar-refractivity contribution in [1.82, 2.24) is 10.2 Å². The maximum absolute atomic E-state index is 13.1. The standard InChI is InChI=1S/C31H33ClN4O3S/c1-34-26-19-23(11-12-28(26)40-29(31(34)38)20-22-7-3-4-10-27(22)39-2)30(37)33-13-6-14-35-15-17-36(18-16-35)25-9-5-8-24(32)21-25/h3-5,7-12,19-21H,6,13-18H2,1-2H3,(H,33,37)/b29-20+. The van der Waals surface area contributed by atoms with Gasteiger partial charge in [-0.25, -0.2) is 0 Å². The Labute approximate surface area is 244 Å². The topological polar surface area (TPSA) is 65.1 Å². The van der Waals surface area contributed by atoms with E-state index in [0.29, 0.717) is 22.8 Å². The molecule has 208 valence electrons. The van der Waals surface area contributed by atoms with Crippen molar-refractivity contribution in [2.24, 2.45) is 0 Å². The second-order valence-electron chi connectivity index (χ2n) is 9.82. The molecule has 0 atom stereocenters. The van der Waals surface area contributed by atoms with Gasteiger partial charge in [0.1, 0.15) is 5.75 Å². The normalized spacial score (nSPS) is 16.7. The van der Waals surface area contributed by atoms with Crippen LogP contribution in [0, 0.1) is 0 Å². The zero-order chi connectivity index (χ0) is 28.1. The van der Waals surface area contributed by atoms with Crippen molar-refractivity contribution in [3.05, 3.63) is 87.8 Å². The lowest BCUT2D eigenvalue weighted by Gasteiger charge is -2.36. The van der Waals surface area contributed by atoms with E-state index in [1.807, 2.05) is 60.7 Å². The molecule has 3 aromatic rings. The number of hydrogen-bond donors (Lipinski definition) is 1. The van der Waals surface area contributed by atoms with E-state index < -0.39 is 0 Å². The molecule has 0 spiro atoms. The van der Waals surface area contributed by atoms with E-state index in [1.165, 1.54) is 17.4 Å². The third-order valence-electron chi connectivity index (χ3n) is 7.23. The number of amides is 2. The molecule has 0 unspecified atom stereocenters. The number of hydrogen-bond acceptors (Lipinski definition) is 6. The van der Waals surface area contributed by atoms with Gasteiger partial charge in [-0.05, 0) is 61.5 Å². The summed E-state index contributed by atoms with van der Waals surface area (Å²) in [4.78, 5) is 34.0. The SMILES string of the molecule is COc1ccccc1/C=C1/Sc2ccc(C(=O)NCCCN3CCN(c4cccc(Cl)c4)CC3)cc2N(C)C1=O. The van der Waals surface area contributed by atoms with E-state index in [2.05, 4.69) is 21.2 Å². The molecule has 0 radical (unpaired) electrons. The predicted octanol–water partition coefficient (Wildman–Crippen LogP) is 5.40. The molecular formula is C31H33ClN4O3S. The molecule has 0 saturated carbocycles. The Bertz CT molecular complexity index is 1420. The first kappa shape index (κ1) is 28.1. The van der Waals surface area contributed by atoms with E-state index >= 15 is 0 Å². The average Bonchev–Trinajstić information content (AvgIpc) is 2.98. The zero-order valence-electron chi connectivity index (χ0n) is 22.7. The number of para-hydroxylation sites is 1. The summed E-state index contributed by atoms with van der Waals surface area (Å²) in [6, 6.07) is 21.1. The molecule has 0 aromatic heterocycles. The van der Waals surface area contributed by atoms with Crippen LogP contribution in [0.1, 0.15) is 22.3 Å². The molecule has 2 aliphatic rings. The van der Waals surface area contributed by atoms with Crippen LogP contribution in [0.4, 0.5) is 11.4 Å². The van der Waals surface area contributed by atoms with Crippen molar-refractivity contribution >= 4 is 52.6 Å². The molecule has 1 fully saturated rings. The van der Waals surface area contributed by atoms with Gasteiger partial charge in [-0.2, -0.15) is 0 Å². The molecule has 1 N–H and O–H groups in total. The number of benzene rings is 3. The van der Waals surface area contributed by atoms with Gasteiger partial charge in [0.25, 0.3) is 11.8 Å². The molecule has 40 heavy (non-hydrogen) atoms. The molecule has 2 heterocycles. The Hall–Kier alpha value is -3.46. The summed E-state index contributed by atoms with van der Waals surface area (Å²) in [5, 5.41) is 3.80. The van der Waals surface area contributed by atoms with E-state index in [-0.39, 0.29) is 11.8 Å². The number of rotatable bonds is 8. The van der Waals surface area contributed by atoms with Gasteiger partial charge >= 0.3 is 0 Å². The summed E-state index contributed by atoms with van der Waals surface area (Å²) >= 11 is 7.55. The van der Waals surface area contributed by atoms with Gasteiger partial charge in [0.15, 0.2) is 0 Å². The molecule has 0 aliphatic carbocycles. The quantitative estimate of drug-likeness (QED) is 0.286. The van der Waals surface area contributed by atoms with Crippen LogP contribution in [-0.2, 0) is 4.79 Å². The minimum absolute atomic E-state index is 0.114. The predicted molar refractivity (Wildman–Crippen MR) is 164 cm³/mol. The first-order valence-corrected chi connectivity index (χ1v) is 14.6. The number of ether oxygens (including phenoxy) is 1. The minimum Gasteiger partial charge on any atom is -0.496 e. The van der Waals surface area contributed by atoms with Gasteiger partial charge in [-0.3, -0.25) is 14.5 Å². The summed E-state index contributed by atoms with van der Waals surface area (Å²) in [6.07, 6.45) is 2.72. The molecule has 2 amide bonds.